The standard InChI is InChI=1S/C20H30N2O2/c23-19(16-8-3-1-4-9-16)14-18-12-7-13-22(18)15-20(24)21-17-10-5-2-6-11-17/h1,3-4,8-9,17-19,23H,2,5-7,10-15H2,(H,21,24). The maximum absolute atomic E-state index is 12.4. The van der Waals surface area contributed by atoms with E-state index in [-0.39, 0.29) is 5.91 Å². The second-order valence-electron chi connectivity index (χ2n) is 7.33. The number of hydrogen-bond acceptors (Lipinski definition) is 3. The van der Waals surface area contributed by atoms with E-state index in [1.54, 1.807) is 0 Å². The Bertz CT molecular complexity index is 514. The molecule has 3 rings (SSSR count). The Kier molecular flexibility index (Phi) is 6.27. The van der Waals surface area contributed by atoms with Crippen LogP contribution in [0, 0.1) is 0 Å². The number of amides is 1. The van der Waals surface area contributed by atoms with E-state index in [2.05, 4.69) is 10.2 Å². The molecule has 1 saturated heterocycles. The van der Waals surface area contributed by atoms with Gasteiger partial charge in [0.25, 0.3) is 0 Å². The number of aliphatic hydroxyl groups is 1. The van der Waals surface area contributed by atoms with Crippen LogP contribution in [0.15, 0.2) is 30.3 Å². The van der Waals surface area contributed by atoms with Gasteiger partial charge in [-0.25, -0.2) is 0 Å². The monoisotopic (exact) mass is 330 g/mol. The number of nitrogens with zero attached hydrogens (tertiary/aromatic N) is 1. The summed E-state index contributed by atoms with van der Waals surface area (Å²) in [6.45, 7) is 1.44. The van der Waals surface area contributed by atoms with Crippen LogP contribution in [0.2, 0.25) is 0 Å². The Morgan fingerprint density at radius 3 is 2.62 bits per heavy atom. The molecular weight excluding hydrogens is 300 g/mol. The van der Waals surface area contributed by atoms with Gasteiger partial charge in [0, 0.05) is 12.1 Å². The van der Waals surface area contributed by atoms with Crippen LogP contribution in [0.1, 0.15) is 63.0 Å². The summed E-state index contributed by atoms with van der Waals surface area (Å²) in [6.07, 6.45) is 8.48. The lowest BCUT2D eigenvalue weighted by molar-refractivity contribution is -0.123. The van der Waals surface area contributed by atoms with Crippen LogP contribution >= 0.6 is 0 Å². The lowest BCUT2D eigenvalue weighted by atomic mass is 9.95. The van der Waals surface area contributed by atoms with E-state index >= 15 is 0 Å². The van der Waals surface area contributed by atoms with Crippen molar-refractivity contribution in [2.24, 2.45) is 0 Å². The van der Waals surface area contributed by atoms with Gasteiger partial charge in [0.1, 0.15) is 0 Å². The van der Waals surface area contributed by atoms with Crippen molar-refractivity contribution in [3.63, 3.8) is 0 Å². The summed E-state index contributed by atoms with van der Waals surface area (Å²) in [5, 5.41) is 13.7. The molecule has 1 aromatic rings. The summed E-state index contributed by atoms with van der Waals surface area (Å²) < 4.78 is 0. The van der Waals surface area contributed by atoms with Gasteiger partial charge in [0.15, 0.2) is 0 Å². The van der Waals surface area contributed by atoms with Gasteiger partial charge in [-0.05, 0) is 44.2 Å². The highest BCUT2D eigenvalue weighted by atomic mass is 16.3. The van der Waals surface area contributed by atoms with E-state index in [1.807, 2.05) is 30.3 Å². The lowest BCUT2D eigenvalue weighted by Gasteiger charge is -2.28. The number of rotatable bonds is 6. The maximum atomic E-state index is 12.4. The van der Waals surface area contributed by atoms with Crippen LogP contribution in [0.3, 0.4) is 0 Å². The normalized spacial score (nSPS) is 24.0. The molecule has 1 saturated carbocycles. The fraction of sp³-hybridized carbons (Fsp3) is 0.650. The van der Waals surface area contributed by atoms with Gasteiger partial charge in [-0.3, -0.25) is 9.69 Å². The van der Waals surface area contributed by atoms with Crippen LogP contribution in [0.4, 0.5) is 0 Å². The molecule has 1 aliphatic carbocycles. The fourth-order valence-electron chi connectivity index (χ4n) is 4.14. The van der Waals surface area contributed by atoms with Crippen LogP contribution in [-0.2, 0) is 4.79 Å². The topological polar surface area (TPSA) is 52.6 Å². The Hall–Kier alpha value is -1.39. The molecule has 4 heteroatoms. The molecule has 2 atom stereocenters. The first-order valence-electron chi connectivity index (χ1n) is 9.49. The second-order valence-corrected chi connectivity index (χ2v) is 7.33. The molecule has 2 aliphatic rings. The number of carbonyl (C=O) groups excluding carboxylic acids is 1. The van der Waals surface area contributed by atoms with Crippen molar-refractivity contribution in [1.82, 2.24) is 10.2 Å². The van der Waals surface area contributed by atoms with Crippen molar-refractivity contribution in [3.8, 4) is 0 Å². The minimum absolute atomic E-state index is 0.156. The zero-order chi connectivity index (χ0) is 16.8. The predicted octanol–water partition coefficient (Wildman–Crippen LogP) is 3.02. The first-order valence-corrected chi connectivity index (χ1v) is 9.49. The van der Waals surface area contributed by atoms with E-state index in [0.717, 1.165) is 37.8 Å². The van der Waals surface area contributed by atoms with Gasteiger partial charge in [0.05, 0.1) is 12.6 Å². The fourth-order valence-corrected chi connectivity index (χ4v) is 4.14. The molecule has 0 aromatic heterocycles. The molecule has 2 N–H and O–H groups in total. The number of aliphatic hydroxyl groups excluding tert-OH is 1. The first kappa shape index (κ1) is 17.4. The van der Waals surface area contributed by atoms with Crippen molar-refractivity contribution >= 4 is 5.91 Å². The minimum Gasteiger partial charge on any atom is -0.388 e. The highest BCUT2D eigenvalue weighted by Gasteiger charge is 2.29. The third-order valence-electron chi connectivity index (χ3n) is 5.50. The molecule has 0 radical (unpaired) electrons. The SMILES string of the molecule is O=C(CN1CCCC1CC(O)c1ccccc1)NC1CCCCC1. The summed E-state index contributed by atoms with van der Waals surface area (Å²) in [4.78, 5) is 14.6. The zero-order valence-electron chi connectivity index (χ0n) is 14.5. The summed E-state index contributed by atoms with van der Waals surface area (Å²) in [6, 6.07) is 10.5. The Labute approximate surface area is 145 Å². The van der Waals surface area contributed by atoms with Crippen LogP contribution in [-0.4, -0.2) is 41.1 Å². The molecule has 0 bridgehead atoms. The Morgan fingerprint density at radius 2 is 1.88 bits per heavy atom. The summed E-state index contributed by atoms with van der Waals surface area (Å²) in [7, 11) is 0. The Balaban J connectivity index is 1.48. The third kappa shape index (κ3) is 4.81. The predicted molar refractivity (Wildman–Crippen MR) is 95.6 cm³/mol. The van der Waals surface area contributed by atoms with E-state index < -0.39 is 6.10 Å². The number of likely N-dealkylation sites (tertiary alicyclic amines) is 1. The largest absolute Gasteiger partial charge is 0.388 e. The maximum Gasteiger partial charge on any atom is 0.234 e. The highest BCUT2D eigenvalue weighted by molar-refractivity contribution is 5.78. The third-order valence-corrected chi connectivity index (χ3v) is 5.50. The van der Waals surface area contributed by atoms with Gasteiger partial charge >= 0.3 is 0 Å². The average Bonchev–Trinajstić information content (AvgIpc) is 3.03. The van der Waals surface area contributed by atoms with Gasteiger partial charge < -0.3 is 10.4 Å². The van der Waals surface area contributed by atoms with Gasteiger partial charge in [-0.2, -0.15) is 0 Å². The Morgan fingerprint density at radius 1 is 1.12 bits per heavy atom. The molecule has 2 fully saturated rings. The van der Waals surface area contributed by atoms with E-state index in [4.69, 9.17) is 0 Å². The smallest absolute Gasteiger partial charge is 0.234 e. The van der Waals surface area contributed by atoms with Crippen molar-refractivity contribution in [3.05, 3.63) is 35.9 Å². The van der Waals surface area contributed by atoms with Crippen LogP contribution < -0.4 is 5.32 Å². The number of carbonyl (C=O) groups is 1. The second kappa shape index (κ2) is 8.63. The molecular formula is C20H30N2O2. The van der Waals surface area contributed by atoms with Crippen LogP contribution in [0.25, 0.3) is 0 Å². The number of nitrogens with one attached hydrogen (secondary N) is 1. The molecule has 1 aromatic carbocycles. The summed E-state index contributed by atoms with van der Waals surface area (Å²) in [5.41, 5.74) is 0.969. The van der Waals surface area contributed by atoms with Crippen molar-refractivity contribution in [1.29, 1.82) is 0 Å². The average molecular weight is 330 g/mol. The first-order chi connectivity index (χ1) is 11.7. The quantitative estimate of drug-likeness (QED) is 0.843. The molecule has 0 spiro atoms. The van der Waals surface area contributed by atoms with E-state index in [9.17, 15) is 9.90 Å². The van der Waals surface area contributed by atoms with Crippen molar-refractivity contribution < 1.29 is 9.90 Å². The number of hydrogen-bond donors (Lipinski definition) is 2. The molecule has 24 heavy (non-hydrogen) atoms. The molecule has 1 amide bonds. The zero-order valence-corrected chi connectivity index (χ0v) is 14.5. The molecule has 2 unspecified atom stereocenters. The lowest BCUT2D eigenvalue weighted by Crippen LogP contribution is -2.44. The van der Waals surface area contributed by atoms with Crippen molar-refractivity contribution in [2.45, 2.75) is 69.6 Å². The molecule has 132 valence electrons. The minimum atomic E-state index is -0.446. The van der Waals surface area contributed by atoms with Gasteiger partial charge in [-0.1, -0.05) is 49.6 Å². The summed E-state index contributed by atoms with van der Waals surface area (Å²) >= 11 is 0. The van der Waals surface area contributed by atoms with Crippen molar-refractivity contribution in [2.75, 3.05) is 13.1 Å². The van der Waals surface area contributed by atoms with Crippen LogP contribution in [0.5, 0.6) is 0 Å². The molecule has 1 heterocycles. The van der Waals surface area contributed by atoms with E-state index in [1.165, 1.54) is 19.3 Å². The van der Waals surface area contributed by atoms with Gasteiger partial charge in [-0.15, -0.1) is 0 Å². The molecule has 4 nitrogen and oxygen atoms in total. The highest BCUT2D eigenvalue weighted by Crippen LogP contribution is 2.27. The molecule has 1 aliphatic heterocycles. The van der Waals surface area contributed by atoms with E-state index in [0.29, 0.717) is 25.0 Å². The van der Waals surface area contributed by atoms with Gasteiger partial charge in [0.2, 0.25) is 5.91 Å². The number of benzene rings is 1. The summed E-state index contributed by atoms with van der Waals surface area (Å²) in [5.74, 6) is 0.156.